The molecule has 3 heteroatoms. The molecule has 1 aromatic rings. The lowest BCUT2D eigenvalue weighted by atomic mass is 9.97. The lowest BCUT2D eigenvalue weighted by Crippen LogP contribution is -2.17. The summed E-state index contributed by atoms with van der Waals surface area (Å²) in [7, 11) is 1.67. The van der Waals surface area contributed by atoms with E-state index in [0.717, 1.165) is 5.75 Å². The molecule has 1 atom stereocenters. The largest absolute Gasteiger partial charge is 0.497 e. The van der Waals surface area contributed by atoms with E-state index in [9.17, 15) is 0 Å². The van der Waals surface area contributed by atoms with Gasteiger partial charge in [-0.05, 0) is 52.3 Å². The van der Waals surface area contributed by atoms with Gasteiger partial charge in [-0.3, -0.25) is 0 Å². The standard InChI is InChI=1S/C11H16INO/c1-7(2)11(13)9-6-8(14-3)4-5-10(9)12/h4-7,11H,13H2,1-3H3. The van der Waals surface area contributed by atoms with Crippen molar-refractivity contribution in [2.24, 2.45) is 11.7 Å². The summed E-state index contributed by atoms with van der Waals surface area (Å²) in [6.07, 6.45) is 0. The summed E-state index contributed by atoms with van der Waals surface area (Å²) < 4.78 is 6.38. The van der Waals surface area contributed by atoms with Crippen molar-refractivity contribution in [2.45, 2.75) is 19.9 Å². The van der Waals surface area contributed by atoms with E-state index in [2.05, 4.69) is 36.4 Å². The van der Waals surface area contributed by atoms with Crippen LogP contribution >= 0.6 is 22.6 Å². The average molecular weight is 305 g/mol. The van der Waals surface area contributed by atoms with Gasteiger partial charge in [0.1, 0.15) is 5.75 Å². The number of hydrogen-bond donors (Lipinski definition) is 1. The zero-order valence-corrected chi connectivity index (χ0v) is 10.9. The fourth-order valence-corrected chi connectivity index (χ4v) is 1.96. The lowest BCUT2D eigenvalue weighted by molar-refractivity contribution is 0.412. The second-order valence-corrected chi connectivity index (χ2v) is 4.82. The summed E-state index contributed by atoms with van der Waals surface area (Å²) in [4.78, 5) is 0. The predicted octanol–water partition coefficient (Wildman–Crippen LogP) is 2.96. The molecule has 78 valence electrons. The Labute approximate surface area is 99.0 Å². The fraction of sp³-hybridized carbons (Fsp3) is 0.455. The SMILES string of the molecule is COc1ccc(I)c(C(N)C(C)C)c1. The Morgan fingerprint density at radius 3 is 2.50 bits per heavy atom. The van der Waals surface area contributed by atoms with Crippen LogP contribution in [0.1, 0.15) is 25.5 Å². The molecule has 14 heavy (non-hydrogen) atoms. The number of halogens is 1. The van der Waals surface area contributed by atoms with Gasteiger partial charge in [-0.15, -0.1) is 0 Å². The van der Waals surface area contributed by atoms with Gasteiger partial charge in [-0.1, -0.05) is 13.8 Å². The smallest absolute Gasteiger partial charge is 0.119 e. The maximum absolute atomic E-state index is 6.10. The highest BCUT2D eigenvalue weighted by molar-refractivity contribution is 14.1. The maximum Gasteiger partial charge on any atom is 0.119 e. The minimum atomic E-state index is 0.0806. The van der Waals surface area contributed by atoms with Crippen LogP contribution < -0.4 is 10.5 Å². The monoisotopic (exact) mass is 305 g/mol. The molecule has 0 heterocycles. The molecule has 2 N–H and O–H groups in total. The number of rotatable bonds is 3. The van der Waals surface area contributed by atoms with E-state index in [4.69, 9.17) is 10.5 Å². The van der Waals surface area contributed by atoms with Crippen molar-refractivity contribution >= 4 is 22.6 Å². The van der Waals surface area contributed by atoms with E-state index < -0.39 is 0 Å². The minimum Gasteiger partial charge on any atom is -0.497 e. The van der Waals surface area contributed by atoms with Crippen LogP contribution in [0.5, 0.6) is 5.75 Å². The number of ether oxygens (including phenoxy) is 1. The Morgan fingerprint density at radius 2 is 2.00 bits per heavy atom. The van der Waals surface area contributed by atoms with Gasteiger partial charge in [0.2, 0.25) is 0 Å². The Balaban J connectivity index is 3.05. The summed E-state index contributed by atoms with van der Waals surface area (Å²) >= 11 is 2.31. The Hall–Kier alpha value is -0.290. The van der Waals surface area contributed by atoms with E-state index in [0.29, 0.717) is 5.92 Å². The predicted molar refractivity (Wildman–Crippen MR) is 67.5 cm³/mol. The molecule has 1 aromatic carbocycles. The van der Waals surface area contributed by atoms with Crippen LogP contribution in [0.4, 0.5) is 0 Å². The molecule has 0 aliphatic rings. The molecule has 0 amide bonds. The van der Waals surface area contributed by atoms with Crippen molar-refractivity contribution in [3.8, 4) is 5.75 Å². The third kappa shape index (κ3) is 2.60. The summed E-state index contributed by atoms with van der Waals surface area (Å²) in [6, 6.07) is 6.10. The molecule has 2 nitrogen and oxygen atoms in total. The summed E-state index contributed by atoms with van der Waals surface area (Å²) in [5.41, 5.74) is 7.27. The highest BCUT2D eigenvalue weighted by Gasteiger charge is 2.14. The molecule has 0 radical (unpaired) electrons. The van der Waals surface area contributed by atoms with Crippen molar-refractivity contribution in [3.63, 3.8) is 0 Å². The van der Waals surface area contributed by atoms with Gasteiger partial charge in [0.05, 0.1) is 7.11 Å². The summed E-state index contributed by atoms with van der Waals surface area (Å²) in [6.45, 7) is 4.25. The van der Waals surface area contributed by atoms with Crippen molar-refractivity contribution in [1.82, 2.24) is 0 Å². The normalized spacial score (nSPS) is 13.0. The Kier molecular flexibility index (Phi) is 4.19. The van der Waals surface area contributed by atoms with Crippen LogP contribution in [0.15, 0.2) is 18.2 Å². The van der Waals surface area contributed by atoms with Gasteiger partial charge in [-0.2, -0.15) is 0 Å². The highest BCUT2D eigenvalue weighted by Crippen LogP contribution is 2.27. The molecule has 0 fully saturated rings. The van der Waals surface area contributed by atoms with Crippen LogP contribution in [0, 0.1) is 9.49 Å². The third-order valence-corrected chi connectivity index (χ3v) is 3.26. The summed E-state index contributed by atoms with van der Waals surface area (Å²) in [5.74, 6) is 1.31. The number of nitrogens with two attached hydrogens (primary N) is 1. The number of hydrogen-bond acceptors (Lipinski definition) is 2. The Bertz CT molecular complexity index is 312. The molecule has 0 bridgehead atoms. The van der Waals surface area contributed by atoms with Gasteiger partial charge >= 0.3 is 0 Å². The van der Waals surface area contributed by atoms with Gasteiger partial charge < -0.3 is 10.5 Å². The molecule has 0 spiro atoms. The Morgan fingerprint density at radius 1 is 1.36 bits per heavy atom. The summed E-state index contributed by atoms with van der Waals surface area (Å²) in [5, 5.41) is 0. The molecule has 0 aliphatic carbocycles. The van der Waals surface area contributed by atoms with Crippen molar-refractivity contribution < 1.29 is 4.74 Å². The van der Waals surface area contributed by atoms with Gasteiger partial charge in [0.15, 0.2) is 0 Å². The molecule has 0 saturated heterocycles. The van der Waals surface area contributed by atoms with Gasteiger partial charge in [-0.25, -0.2) is 0 Å². The van der Waals surface area contributed by atoms with Crippen LogP contribution in [0.25, 0.3) is 0 Å². The average Bonchev–Trinajstić information content (AvgIpc) is 2.17. The first-order valence-corrected chi connectivity index (χ1v) is 5.73. The molecule has 0 aliphatic heterocycles. The van der Waals surface area contributed by atoms with E-state index >= 15 is 0 Å². The zero-order chi connectivity index (χ0) is 10.7. The van der Waals surface area contributed by atoms with Crippen LogP contribution in [0.3, 0.4) is 0 Å². The van der Waals surface area contributed by atoms with E-state index in [1.165, 1.54) is 9.13 Å². The second kappa shape index (κ2) is 4.98. The molecular weight excluding hydrogens is 289 g/mol. The van der Waals surface area contributed by atoms with E-state index in [1.54, 1.807) is 7.11 Å². The molecule has 1 rings (SSSR count). The van der Waals surface area contributed by atoms with Gasteiger partial charge in [0.25, 0.3) is 0 Å². The fourth-order valence-electron chi connectivity index (χ4n) is 1.26. The highest BCUT2D eigenvalue weighted by atomic mass is 127. The topological polar surface area (TPSA) is 35.2 Å². The van der Waals surface area contributed by atoms with Crippen molar-refractivity contribution in [3.05, 3.63) is 27.3 Å². The molecular formula is C11H16INO. The molecule has 1 unspecified atom stereocenters. The molecule has 0 aromatic heterocycles. The first-order valence-electron chi connectivity index (χ1n) is 4.65. The number of methoxy groups -OCH3 is 1. The van der Waals surface area contributed by atoms with Gasteiger partial charge in [0, 0.05) is 9.61 Å². The lowest BCUT2D eigenvalue weighted by Gasteiger charge is -2.18. The van der Waals surface area contributed by atoms with Crippen LogP contribution in [0.2, 0.25) is 0 Å². The number of benzene rings is 1. The quantitative estimate of drug-likeness (QED) is 0.872. The minimum absolute atomic E-state index is 0.0806. The van der Waals surface area contributed by atoms with Crippen molar-refractivity contribution in [1.29, 1.82) is 0 Å². The molecule has 0 saturated carbocycles. The maximum atomic E-state index is 6.10. The first-order chi connectivity index (χ1) is 6.56. The van der Waals surface area contributed by atoms with E-state index in [1.807, 2.05) is 18.2 Å². The van der Waals surface area contributed by atoms with Crippen molar-refractivity contribution in [2.75, 3.05) is 7.11 Å². The zero-order valence-electron chi connectivity index (χ0n) is 8.75. The van der Waals surface area contributed by atoms with Crippen LogP contribution in [-0.2, 0) is 0 Å². The second-order valence-electron chi connectivity index (χ2n) is 3.66. The van der Waals surface area contributed by atoms with Crippen LogP contribution in [-0.4, -0.2) is 7.11 Å². The van der Waals surface area contributed by atoms with E-state index in [-0.39, 0.29) is 6.04 Å². The third-order valence-electron chi connectivity index (χ3n) is 2.28. The first kappa shape index (κ1) is 11.8.